The van der Waals surface area contributed by atoms with Gasteiger partial charge in [-0.2, -0.15) is 5.10 Å². The molecule has 0 radical (unpaired) electrons. The van der Waals surface area contributed by atoms with E-state index in [2.05, 4.69) is 26.3 Å². The average molecular weight is 364 g/mol. The third-order valence-corrected chi connectivity index (χ3v) is 3.84. The minimum absolute atomic E-state index is 0.0984. The van der Waals surface area contributed by atoms with Crippen molar-refractivity contribution in [3.8, 4) is 11.3 Å². The van der Waals surface area contributed by atoms with Gasteiger partial charge in [0.05, 0.1) is 22.1 Å². The number of nitrogens with one attached hydrogen (secondary N) is 1. The SMILES string of the molecule is Cn1ncc(Br)c1-c1cccc(Nc2cccc(F)c2F)c1. The summed E-state index contributed by atoms with van der Waals surface area (Å²) in [5, 5.41) is 7.07. The minimum Gasteiger partial charge on any atom is -0.353 e. The first-order valence-electron chi connectivity index (χ1n) is 6.55. The molecule has 0 fully saturated rings. The molecule has 0 spiro atoms. The predicted octanol–water partition coefficient (Wildman–Crippen LogP) is 4.87. The van der Waals surface area contributed by atoms with E-state index in [4.69, 9.17) is 0 Å². The van der Waals surface area contributed by atoms with E-state index in [1.165, 1.54) is 12.1 Å². The molecule has 3 aromatic rings. The summed E-state index contributed by atoms with van der Waals surface area (Å²) in [6.45, 7) is 0. The molecule has 2 aromatic carbocycles. The topological polar surface area (TPSA) is 29.9 Å². The summed E-state index contributed by atoms with van der Waals surface area (Å²) < 4.78 is 29.6. The lowest BCUT2D eigenvalue weighted by molar-refractivity contribution is 0.512. The van der Waals surface area contributed by atoms with Crippen LogP contribution in [0.5, 0.6) is 0 Å². The smallest absolute Gasteiger partial charge is 0.182 e. The van der Waals surface area contributed by atoms with Crippen molar-refractivity contribution >= 4 is 27.3 Å². The third kappa shape index (κ3) is 2.74. The highest BCUT2D eigenvalue weighted by molar-refractivity contribution is 9.10. The van der Waals surface area contributed by atoms with Crippen LogP contribution in [0.3, 0.4) is 0 Å². The number of halogens is 3. The first-order valence-corrected chi connectivity index (χ1v) is 7.34. The Hall–Kier alpha value is -2.21. The summed E-state index contributed by atoms with van der Waals surface area (Å²) in [5.41, 5.74) is 2.58. The van der Waals surface area contributed by atoms with Crippen LogP contribution < -0.4 is 5.32 Å². The number of hydrogen-bond donors (Lipinski definition) is 1. The molecule has 22 heavy (non-hydrogen) atoms. The Morgan fingerprint density at radius 1 is 1.14 bits per heavy atom. The van der Waals surface area contributed by atoms with E-state index < -0.39 is 11.6 Å². The van der Waals surface area contributed by atoms with Crippen molar-refractivity contribution in [3.63, 3.8) is 0 Å². The summed E-state index contributed by atoms with van der Waals surface area (Å²) in [4.78, 5) is 0. The minimum atomic E-state index is -0.894. The van der Waals surface area contributed by atoms with Gasteiger partial charge < -0.3 is 5.32 Å². The van der Waals surface area contributed by atoms with Crippen LogP contribution in [0.15, 0.2) is 53.1 Å². The summed E-state index contributed by atoms with van der Waals surface area (Å²) >= 11 is 3.45. The fraction of sp³-hybridized carbons (Fsp3) is 0.0625. The maximum Gasteiger partial charge on any atom is 0.182 e. The molecular weight excluding hydrogens is 352 g/mol. The normalized spacial score (nSPS) is 10.7. The van der Waals surface area contributed by atoms with Gasteiger partial charge in [0, 0.05) is 18.3 Å². The Bertz CT molecular complexity index is 811. The van der Waals surface area contributed by atoms with Crippen LogP contribution in [0.4, 0.5) is 20.2 Å². The van der Waals surface area contributed by atoms with Crippen LogP contribution in [0.1, 0.15) is 0 Å². The fourth-order valence-corrected chi connectivity index (χ4v) is 2.81. The first-order chi connectivity index (χ1) is 10.6. The van der Waals surface area contributed by atoms with Gasteiger partial charge in [-0.15, -0.1) is 0 Å². The standard InChI is InChI=1S/C16H12BrF2N3/c1-22-16(12(17)9-20-22)10-4-2-5-11(8-10)21-14-7-3-6-13(18)15(14)19/h2-9,21H,1H3. The van der Waals surface area contributed by atoms with E-state index in [0.29, 0.717) is 5.69 Å². The number of anilines is 2. The molecule has 6 heteroatoms. The third-order valence-electron chi connectivity index (χ3n) is 3.26. The van der Waals surface area contributed by atoms with E-state index in [1.807, 2.05) is 25.2 Å². The van der Waals surface area contributed by atoms with Crippen molar-refractivity contribution in [1.29, 1.82) is 0 Å². The van der Waals surface area contributed by atoms with Crippen LogP contribution >= 0.6 is 15.9 Å². The van der Waals surface area contributed by atoms with Crippen LogP contribution in [0, 0.1) is 11.6 Å². The second-order valence-corrected chi connectivity index (χ2v) is 5.63. The lowest BCUT2D eigenvalue weighted by Gasteiger charge is -2.10. The van der Waals surface area contributed by atoms with Crippen LogP contribution in [0.25, 0.3) is 11.3 Å². The van der Waals surface area contributed by atoms with Gasteiger partial charge in [-0.1, -0.05) is 18.2 Å². The van der Waals surface area contributed by atoms with Crippen molar-refractivity contribution in [2.75, 3.05) is 5.32 Å². The molecule has 1 heterocycles. The molecule has 3 rings (SSSR count). The molecule has 1 N–H and O–H groups in total. The zero-order valence-electron chi connectivity index (χ0n) is 11.6. The maximum absolute atomic E-state index is 13.7. The summed E-state index contributed by atoms with van der Waals surface area (Å²) in [6, 6.07) is 11.4. The molecule has 0 aliphatic heterocycles. The van der Waals surface area contributed by atoms with E-state index in [-0.39, 0.29) is 5.69 Å². The molecule has 0 aliphatic carbocycles. The Kier molecular flexibility index (Phi) is 3.94. The molecule has 112 valence electrons. The summed E-state index contributed by atoms with van der Waals surface area (Å²) in [5.74, 6) is -1.77. The second-order valence-electron chi connectivity index (χ2n) is 4.77. The molecule has 0 saturated heterocycles. The Balaban J connectivity index is 1.97. The predicted molar refractivity (Wildman–Crippen MR) is 86.0 cm³/mol. The van der Waals surface area contributed by atoms with Gasteiger partial charge in [-0.25, -0.2) is 8.78 Å². The van der Waals surface area contributed by atoms with Crippen molar-refractivity contribution < 1.29 is 8.78 Å². The molecule has 0 aliphatic rings. The average Bonchev–Trinajstić information content (AvgIpc) is 2.83. The van der Waals surface area contributed by atoms with Gasteiger partial charge in [0.1, 0.15) is 0 Å². The van der Waals surface area contributed by atoms with Gasteiger partial charge >= 0.3 is 0 Å². The highest BCUT2D eigenvalue weighted by atomic mass is 79.9. The summed E-state index contributed by atoms with van der Waals surface area (Å²) in [6.07, 6.45) is 1.71. The Labute approximate surface area is 134 Å². The van der Waals surface area contributed by atoms with Crippen molar-refractivity contribution in [3.05, 3.63) is 64.8 Å². The number of hydrogen-bond acceptors (Lipinski definition) is 2. The van der Waals surface area contributed by atoms with Crippen molar-refractivity contribution in [2.45, 2.75) is 0 Å². The quantitative estimate of drug-likeness (QED) is 0.719. The number of rotatable bonds is 3. The van der Waals surface area contributed by atoms with Gasteiger partial charge in [0.15, 0.2) is 11.6 Å². The maximum atomic E-state index is 13.7. The highest BCUT2D eigenvalue weighted by Crippen LogP contribution is 2.30. The number of nitrogens with zero attached hydrogens (tertiary/aromatic N) is 2. The molecular formula is C16H12BrF2N3. The Morgan fingerprint density at radius 3 is 2.64 bits per heavy atom. The molecule has 0 bridgehead atoms. The fourth-order valence-electron chi connectivity index (χ4n) is 2.24. The van der Waals surface area contributed by atoms with Crippen molar-refractivity contribution in [2.24, 2.45) is 7.05 Å². The Morgan fingerprint density at radius 2 is 1.91 bits per heavy atom. The summed E-state index contributed by atoms with van der Waals surface area (Å²) in [7, 11) is 1.84. The lowest BCUT2D eigenvalue weighted by Crippen LogP contribution is -1.97. The van der Waals surface area contributed by atoms with Gasteiger partial charge in [0.2, 0.25) is 0 Å². The van der Waals surface area contributed by atoms with E-state index >= 15 is 0 Å². The molecule has 0 saturated carbocycles. The lowest BCUT2D eigenvalue weighted by atomic mass is 10.1. The molecule has 1 aromatic heterocycles. The monoisotopic (exact) mass is 363 g/mol. The zero-order valence-corrected chi connectivity index (χ0v) is 13.2. The first kappa shape index (κ1) is 14.7. The van der Waals surface area contributed by atoms with Crippen LogP contribution in [-0.2, 0) is 7.05 Å². The largest absolute Gasteiger partial charge is 0.353 e. The molecule has 3 nitrogen and oxygen atoms in total. The van der Waals surface area contributed by atoms with Gasteiger partial charge in [-0.3, -0.25) is 4.68 Å². The van der Waals surface area contributed by atoms with Gasteiger partial charge in [-0.05, 0) is 40.2 Å². The van der Waals surface area contributed by atoms with Crippen LogP contribution in [0.2, 0.25) is 0 Å². The number of aryl methyl sites for hydroxylation is 1. The van der Waals surface area contributed by atoms with E-state index in [9.17, 15) is 8.78 Å². The van der Waals surface area contributed by atoms with E-state index in [1.54, 1.807) is 16.9 Å². The molecule has 0 atom stereocenters. The van der Waals surface area contributed by atoms with E-state index in [0.717, 1.165) is 21.8 Å². The highest BCUT2D eigenvalue weighted by Gasteiger charge is 2.11. The zero-order chi connectivity index (χ0) is 15.7. The second kappa shape index (κ2) is 5.88. The van der Waals surface area contributed by atoms with Crippen LogP contribution in [-0.4, -0.2) is 9.78 Å². The molecule has 0 unspecified atom stereocenters. The van der Waals surface area contributed by atoms with Gasteiger partial charge in [0.25, 0.3) is 0 Å². The number of aromatic nitrogens is 2. The molecule has 0 amide bonds. The number of benzene rings is 2. The van der Waals surface area contributed by atoms with Crippen molar-refractivity contribution in [1.82, 2.24) is 9.78 Å².